The van der Waals surface area contributed by atoms with Crippen molar-refractivity contribution in [3.63, 3.8) is 0 Å². The first-order valence-electron chi connectivity index (χ1n) is 14.9. The van der Waals surface area contributed by atoms with Crippen molar-refractivity contribution in [3.05, 3.63) is 124 Å². The minimum absolute atomic E-state index is 0.0562. The van der Waals surface area contributed by atoms with Gasteiger partial charge in [-0.05, 0) is 35.4 Å². The van der Waals surface area contributed by atoms with E-state index in [9.17, 15) is 19.2 Å². The van der Waals surface area contributed by atoms with Crippen molar-refractivity contribution in [1.29, 1.82) is 0 Å². The molecule has 3 aromatic carbocycles. The van der Waals surface area contributed by atoms with E-state index in [2.05, 4.69) is 15.5 Å². The first-order chi connectivity index (χ1) is 23.7. The van der Waals surface area contributed by atoms with Crippen LogP contribution >= 0.6 is 23.1 Å². The van der Waals surface area contributed by atoms with Crippen LogP contribution in [0.15, 0.2) is 107 Å². The summed E-state index contributed by atoms with van der Waals surface area (Å²) in [6, 6.07) is 23.6. The van der Waals surface area contributed by atoms with Gasteiger partial charge in [-0.25, -0.2) is 14.6 Å². The standard InChI is InChI=1S/C34H30N6O7S2/c1-45-39-25(24-18-49-34(36)37-24)29(41)38-26-30(42)40-27(22(17-48-31(26)40)16-46-32(43)21-12-14-23(35)15-13-21)33(44)47-28(19-8-4-2-5-9-19)20-10-6-3-7-11-20/h2-15,18,26,28,31H,16-17,35H2,1H3,(H2,36,37)(H,38,41)/t26?,31-/m1/s1. The molecule has 250 valence electrons. The van der Waals surface area contributed by atoms with Crippen LogP contribution in [0.2, 0.25) is 0 Å². The SMILES string of the molecule is CON=C(C(=O)NC1C(=O)N2C(C(=O)OC(c3ccccc3)c3ccccc3)=C(COC(=O)c3ccc(N)cc3)CS[C@H]12)c1csc(N)n1. The Morgan fingerprint density at radius 2 is 1.63 bits per heavy atom. The zero-order valence-corrected chi connectivity index (χ0v) is 27.6. The highest BCUT2D eigenvalue weighted by molar-refractivity contribution is 8.00. The third-order valence-corrected chi connectivity index (χ3v) is 9.66. The van der Waals surface area contributed by atoms with Gasteiger partial charge in [-0.15, -0.1) is 23.1 Å². The van der Waals surface area contributed by atoms with Gasteiger partial charge in [-0.2, -0.15) is 0 Å². The Hall–Kier alpha value is -5.67. The number of amides is 2. The fourth-order valence-electron chi connectivity index (χ4n) is 5.29. The molecule has 1 aromatic heterocycles. The Morgan fingerprint density at radius 1 is 0.980 bits per heavy atom. The Labute approximate surface area is 288 Å². The Morgan fingerprint density at radius 3 is 2.22 bits per heavy atom. The summed E-state index contributed by atoms with van der Waals surface area (Å²) in [6.45, 7) is -0.286. The van der Waals surface area contributed by atoms with Gasteiger partial charge in [0.15, 0.2) is 16.9 Å². The number of hydrogen-bond acceptors (Lipinski definition) is 13. The average molecular weight is 699 g/mol. The normalized spacial score (nSPS) is 17.2. The zero-order chi connectivity index (χ0) is 34.5. The minimum Gasteiger partial charge on any atom is -0.457 e. The van der Waals surface area contributed by atoms with Gasteiger partial charge in [0.2, 0.25) is 0 Å². The number of β-lactam (4-membered cyclic amide) rings is 1. The van der Waals surface area contributed by atoms with Crippen molar-refractivity contribution >= 4 is 63.4 Å². The number of nitrogens with two attached hydrogens (primary N) is 2. The summed E-state index contributed by atoms with van der Waals surface area (Å²) >= 11 is 2.41. The Balaban J connectivity index is 1.28. The lowest BCUT2D eigenvalue weighted by Crippen LogP contribution is -2.71. The van der Waals surface area contributed by atoms with Gasteiger partial charge in [0.1, 0.15) is 36.5 Å². The van der Waals surface area contributed by atoms with Crippen molar-refractivity contribution in [2.45, 2.75) is 17.5 Å². The summed E-state index contributed by atoms with van der Waals surface area (Å²) in [5.41, 5.74) is 14.0. The lowest BCUT2D eigenvalue weighted by molar-refractivity contribution is -0.154. The van der Waals surface area contributed by atoms with E-state index < -0.39 is 41.3 Å². The number of nitrogens with zero attached hydrogens (tertiary/aromatic N) is 3. The number of carbonyl (C=O) groups excluding carboxylic acids is 4. The van der Waals surface area contributed by atoms with Crippen molar-refractivity contribution in [3.8, 4) is 0 Å². The summed E-state index contributed by atoms with van der Waals surface area (Å²) in [5.74, 6) is -2.50. The number of esters is 2. The highest BCUT2D eigenvalue weighted by atomic mass is 32.2. The molecule has 2 aliphatic rings. The first-order valence-corrected chi connectivity index (χ1v) is 16.8. The molecule has 49 heavy (non-hydrogen) atoms. The second-order valence-electron chi connectivity index (χ2n) is 10.8. The third-order valence-electron chi connectivity index (χ3n) is 7.64. The van der Waals surface area contributed by atoms with Gasteiger partial charge in [-0.3, -0.25) is 14.5 Å². The molecule has 1 fully saturated rings. The van der Waals surface area contributed by atoms with Gasteiger partial charge in [-0.1, -0.05) is 65.8 Å². The molecule has 0 bridgehead atoms. The molecule has 5 N–H and O–H groups in total. The van der Waals surface area contributed by atoms with Crippen LogP contribution in [-0.4, -0.2) is 70.2 Å². The van der Waals surface area contributed by atoms with Crippen LogP contribution in [0.3, 0.4) is 0 Å². The van der Waals surface area contributed by atoms with Gasteiger partial charge >= 0.3 is 11.9 Å². The van der Waals surface area contributed by atoms with Crippen molar-refractivity contribution in [1.82, 2.24) is 15.2 Å². The topological polar surface area (TPSA) is 189 Å². The summed E-state index contributed by atoms with van der Waals surface area (Å²) in [5, 5.41) is 7.57. The molecule has 15 heteroatoms. The summed E-state index contributed by atoms with van der Waals surface area (Å²) in [6.07, 6.45) is -0.806. The second-order valence-corrected chi connectivity index (χ2v) is 12.8. The maximum absolute atomic E-state index is 14.2. The summed E-state index contributed by atoms with van der Waals surface area (Å²) < 4.78 is 11.7. The number of benzene rings is 3. The van der Waals surface area contributed by atoms with Crippen LogP contribution in [0.4, 0.5) is 10.8 Å². The maximum Gasteiger partial charge on any atom is 0.356 e. The Kier molecular flexibility index (Phi) is 9.92. The van der Waals surface area contributed by atoms with E-state index >= 15 is 0 Å². The predicted molar refractivity (Wildman–Crippen MR) is 184 cm³/mol. The molecule has 0 spiro atoms. The number of oxime groups is 1. The smallest absolute Gasteiger partial charge is 0.356 e. The molecular weight excluding hydrogens is 669 g/mol. The lowest BCUT2D eigenvalue weighted by atomic mass is 10.0. The van der Waals surface area contributed by atoms with Crippen LogP contribution in [0.1, 0.15) is 33.3 Å². The number of ether oxygens (including phenoxy) is 2. The molecule has 2 atom stereocenters. The van der Waals surface area contributed by atoms with Crippen molar-refractivity contribution in [2.75, 3.05) is 30.9 Å². The number of nitrogen functional groups attached to an aromatic ring is 2. The average Bonchev–Trinajstić information content (AvgIpc) is 3.56. The van der Waals surface area contributed by atoms with E-state index in [-0.39, 0.29) is 40.2 Å². The molecule has 0 aliphatic carbocycles. The van der Waals surface area contributed by atoms with E-state index in [0.29, 0.717) is 22.4 Å². The van der Waals surface area contributed by atoms with Crippen LogP contribution in [0, 0.1) is 0 Å². The molecule has 1 saturated heterocycles. The highest BCUT2D eigenvalue weighted by Crippen LogP contribution is 2.42. The number of thiazole rings is 1. The fourth-order valence-corrected chi connectivity index (χ4v) is 7.16. The van der Waals surface area contributed by atoms with Gasteiger partial charge in [0.05, 0.1) is 5.56 Å². The van der Waals surface area contributed by atoms with E-state index in [1.807, 2.05) is 60.7 Å². The van der Waals surface area contributed by atoms with E-state index in [0.717, 1.165) is 11.3 Å². The molecule has 2 aliphatic heterocycles. The molecule has 13 nitrogen and oxygen atoms in total. The Bertz CT molecular complexity index is 1890. The zero-order valence-electron chi connectivity index (χ0n) is 26.0. The summed E-state index contributed by atoms with van der Waals surface area (Å²) in [4.78, 5) is 64.3. The van der Waals surface area contributed by atoms with E-state index in [1.54, 1.807) is 17.5 Å². The van der Waals surface area contributed by atoms with Gasteiger partial charge in [0.25, 0.3) is 11.8 Å². The first kappa shape index (κ1) is 33.2. The van der Waals surface area contributed by atoms with Crippen LogP contribution < -0.4 is 16.8 Å². The number of hydrogen-bond donors (Lipinski definition) is 3. The van der Waals surface area contributed by atoms with Crippen molar-refractivity contribution < 1.29 is 33.5 Å². The molecule has 4 aromatic rings. The molecule has 0 saturated carbocycles. The largest absolute Gasteiger partial charge is 0.457 e. The molecule has 3 heterocycles. The number of aromatic nitrogens is 1. The number of fused-ring (bicyclic) bond motifs is 1. The lowest BCUT2D eigenvalue weighted by Gasteiger charge is -2.49. The van der Waals surface area contributed by atoms with Crippen LogP contribution in [-0.2, 0) is 28.7 Å². The second kappa shape index (κ2) is 14.6. The molecule has 6 rings (SSSR count). The monoisotopic (exact) mass is 698 g/mol. The van der Waals surface area contributed by atoms with E-state index in [1.165, 1.54) is 35.9 Å². The van der Waals surface area contributed by atoms with Gasteiger partial charge < -0.3 is 31.1 Å². The quantitative estimate of drug-likeness (QED) is 0.0684. The minimum atomic E-state index is -1.02. The third kappa shape index (κ3) is 7.12. The van der Waals surface area contributed by atoms with E-state index in [4.69, 9.17) is 25.8 Å². The number of rotatable bonds is 11. The summed E-state index contributed by atoms with van der Waals surface area (Å²) in [7, 11) is 1.28. The van der Waals surface area contributed by atoms with Gasteiger partial charge in [0, 0.05) is 22.4 Å². The molecule has 1 unspecified atom stereocenters. The number of anilines is 2. The molecule has 2 amide bonds. The fraction of sp³-hybridized carbons (Fsp3) is 0.176. The maximum atomic E-state index is 14.2. The van der Waals surface area contributed by atoms with Crippen molar-refractivity contribution in [2.24, 2.45) is 5.16 Å². The van der Waals surface area contributed by atoms with Crippen LogP contribution in [0.5, 0.6) is 0 Å². The molecule has 0 radical (unpaired) electrons. The highest BCUT2D eigenvalue weighted by Gasteiger charge is 2.55. The predicted octanol–water partition coefficient (Wildman–Crippen LogP) is 3.50. The number of carbonyl (C=O) groups is 4. The molecular formula is C34H30N6O7S2. The van der Waals surface area contributed by atoms with Crippen LogP contribution in [0.25, 0.3) is 0 Å². The number of thioether (sulfide) groups is 1. The number of nitrogens with one attached hydrogen (secondary N) is 1.